The van der Waals surface area contributed by atoms with Crippen LogP contribution in [0.3, 0.4) is 0 Å². The summed E-state index contributed by atoms with van der Waals surface area (Å²) in [5.74, 6) is -10.0. The van der Waals surface area contributed by atoms with Crippen molar-refractivity contribution in [3.05, 3.63) is 93.3 Å². The van der Waals surface area contributed by atoms with Crippen LogP contribution in [-0.4, -0.2) is 120 Å². The fourth-order valence-corrected chi connectivity index (χ4v) is 13.9. The van der Waals surface area contributed by atoms with E-state index in [1.54, 1.807) is 72.9 Å². The van der Waals surface area contributed by atoms with Crippen molar-refractivity contribution in [3.63, 3.8) is 0 Å². The molecule has 74 heavy (non-hydrogen) atoms. The minimum absolute atomic E-state index is 0.0325. The van der Waals surface area contributed by atoms with Gasteiger partial charge in [-0.05, 0) is 117 Å². The molecule has 4 N–H and O–H groups in total. The number of piperidine rings is 3. The second kappa shape index (κ2) is 21.6. The fraction of sp³-hybridized carbons (Fsp3) is 0.442. The number of rotatable bonds is 16. The Morgan fingerprint density at radius 1 is 1.01 bits per heavy atom. The third kappa shape index (κ3) is 11.9. The van der Waals surface area contributed by atoms with E-state index < -0.39 is 82.2 Å². The molecule has 4 amide bonds. The smallest absolute Gasteiger partial charge is 0.349 e. The van der Waals surface area contributed by atoms with Gasteiger partial charge in [-0.3, -0.25) is 39.3 Å². The maximum Gasteiger partial charge on any atom is 0.349 e. The lowest BCUT2D eigenvalue weighted by Crippen LogP contribution is -2.57. The molecule has 3 saturated heterocycles. The van der Waals surface area contributed by atoms with Gasteiger partial charge in [0.25, 0.3) is 5.92 Å². The molecular formula is C52H57ClF2N6O11S2. The van der Waals surface area contributed by atoms with Gasteiger partial charge in [0.15, 0.2) is 17.2 Å². The van der Waals surface area contributed by atoms with Crippen LogP contribution in [0.2, 0.25) is 5.02 Å². The number of nitrogens with one attached hydrogen (secondary N) is 2. The zero-order chi connectivity index (χ0) is 53.4. The second-order valence-electron chi connectivity index (χ2n) is 20.3. The van der Waals surface area contributed by atoms with Crippen LogP contribution < -0.4 is 20.3 Å². The van der Waals surface area contributed by atoms with Crippen molar-refractivity contribution < 1.29 is 60.9 Å². The molecule has 4 atom stereocenters. The summed E-state index contributed by atoms with van der Waals surface area (Å²) in [6.45, 7) is 6.11. The van der Waals surface area contributed by atoms with Crippen molar-refractivity contribution in [2.45, 2.75) is 95.4 Å². The van der Waals surface area contributed by atoms with Crippen molar-refractivity contribution in [2.75, 3.05) is 43.0 Å². The molecule has 22 heteroatoms. The van der Waals surface area contributed by atoms with Gasteiger partial charge in [0, 0.05) is 42.0 Å². The summed E-state index contributed by atoms with van der Waals surface area (Å²) < 4.78 is 66.9. The van der Waals surface area contributed by atoms with Crippen LogP contribution in [0.1, 0.15) is 92.1 Å². The van der Waals surface area contributed by atoms with E-state index in [-0.39, 0.29) is 78.0 Å². The minimum atomic E-state index is -3.88. The molecule has 17 nitrogen and oxygen atoms in total. The van der Waals surface area contributed by atoms with E-state index in [9.17, 15) is 42.3 Å². The standard InChI is InChI=1S/C52H57ClF2N6O11S2/c1-29(2)37-22-34-20-32(11-12-39(34)61(49(37)67)40-13-14-41(62)58-48(40)66)38-16-17-59(28-52(38,54)55)25-42(63)57-36-10-5-7-30(19-36)27-74(70,71)60-18-15-31(23-51(60,3)4)24-56-35-9-6-8-33(21-35)46-44(53)45(72-26-43(64)65)47(73-46)50(68)69/h5-12,19-21,24,29,31,37-38,40H,13-18,22-23,25-28H2,1-4H3,(H,57,63)(H,64,65)(H,68,69)(H,58,62,66)/b56-24+. The number of amides is 4. The maximum atomic E-state index is 16.1. The van der Waals surface area contributed by atoms with Gasteiger partial charge in [-0.25, -0.2) is 26.8 Å². The average molecular weight is 1080 g/mol. The number of ether oxygens (including phenoxy) is 1. The van der Waals surface area contributed by atoms with E-state index in [0.717, 1.165) is 11.3 Å². The van der Waals surface area contributed by atoms with Gasteiger partial charge in [-0.15, -0.1) is 11.3 Å². The van der Waals surface area contributed by atoms with Crippen molar-refractivity contribution >= 4 is 91.8 Å². The van der Waals surface area contributed by atoms with Gasteiger partial charge in [0.2, 0.25) is 33.7 Å². The first-order valence-electron chi connectivity index (χ1n) is 24.2. The topological polar surface area (TPSA) is 232 Å². The number of nitrogens with zero attached hydrogens (tertiary/aromatic N) is 4. The van der Waals surface area contributed by atoms with E-state index in [1.165, 1.54) is 14.1 Å². The molecule has 4 aliphatic heterocycles. The summed E-state index contributed by atoms with van der Waals surface area (Å²) in [6.07, 6.45) is 3.30. The van der Waals surface area contributed by atoms with Gasteiger partial charge in [-0.1, -0.05) is 61.8 Å². The molecule has 394 valence electrons. The lowest BCUT2D eigenvalue weighted by atomic mass is 9.80. The lowest BCUT2D eigenvalue weighted by molar-refractivity contribution is -0.139. The summed E-state index contributed by atoms with van der Waals surface area (Å²) >= 11 is 7.33. The number of carbonyl (C=O) groups excluding carboxylic acids is 4. The average Bonchev–Trinajstić information content (AvgIpc) is 3.65. The van der Waals surface area contributed by atoms with E-state index in [1.807, 2.05) is 27.7 Å². The maximum absolute atomic E-state index is 16.1. The Kier molecular flexibility index (Phi) is 15.8. The molecule has 5 heterocycles. The number of aliphatic carboxylic acids is 1. The predicted molar refractivity (Wildman–Crippen MR) is 275 cm³/mol. The van der Waals surface area contributed by atoms with Crippen LogP contribution in [0, 0.1) is 17.8 Å². The number of fused-ring (bicyclic) bond motifs is 1. The molecule has 3 aromatic carbocycles. The Morgan fingerprint density at radius 2 is 1.77 bits per heavy atom. The molecule has 4 aromatic rings. The molecule has 4 unspecified atom stereocenters. The Balaban J connectivity index is 0.858. The number of thiophene rings is 1. The number of anilines is 2. The molecule has 0 radical (unpaired) electrons. The Labute approximate surface area is 436 Å². The number of carboxylic acids is 2. The normalized spacial score (nSPS) is 22.4. The highest BCUT2D eigenvalue weighted by atomic mass is 35.5. The van der Waals surface area contributed by atoms with E-state index in [2.05, 4.69) is 15.6 Å². The molecule has 8 rings (SSSR count). The van der Waals surface area contributed by atoms with Crippen LogP contribution in [0.5, 0.6) is 5.75 Å². The highest BCUT2D eigenvalue weighted by Gasteiger charge is 2.48. The molecule has 0 aliphatic carbocycles. The Hall–Kier alpha value is -6.13. The molecule has 3 fully saturated rings. The summed E-state index contributed by atoms with van der Waals surface area (Å²) in [4.78, 5) is 82.4. The predicted octanol–water partition coefficient (Wildman–Crippen LogP) is 7.98. The van der Waals surface area contributed by atoms with Gasteiger partial charge in [-0.2, -0.15) is 4.31 Å². The number of sulfonamides is 1. The van der Waals surface area contributed by atoms with Gasteiger partial charge < -0.3 is 20.3 Å². The molecule has 0 spiro atoms. The Bertz CT molecular complexity index is 3040. The zero-order valence-electron chi connectivity index (χ0n) is 41.1. The third-order valence-corrected chi connectivity index (χ3v) is 17.8. The van der Waals surface area contributed by atoms with Crippen LogP contribution in [0.15, 0.2) is 71.7 Å². The molecular weight excluding hydrogens is 1020 g/mol. The van der Waals surface area contributed by atoms with E-state index in [0.29, 0.717) is 63.5 Å². The molecule has 4 aliphatic rings. The minimum Gasteiger partial charge on any atom is -0.479 e. The number of aromatic carboxylic acids is 1. The summed E-state index contributed by atoms with van der Waals surface area (Å²) in [5.41, 5.74) is 2.57. The second-order valence-corrected chi connectivity index (χ2v) is 23.6. The number of carbonyl (C=O) groups is 6. The van der Waals surface area contributed by atoms with Crippen molar-refractivity contribution in [1.29, 1.82) is 0 Å². The van der Waals surface area contributed by atoms with E-state index in [4.69, 9.17) is 21.4 Å². The van der Waals surface area contributed by atoms with Crippen LogP contribution in [0.4, 0.5) is 25.8 Å². The van der Waals surface area contributed by atoms with Crippen LogP contribution >= 0.6 is 22.9 Å². The first-order valence-corrected chi connectivity index (χ1v) is 27.0. The number of hydrogen-bond donors (Lipinski definition) is 4. The van der Waals surface area contributed by atoms with Crippen LogP contribution in [0.25, 0.3) is 10.4 Å². The largest absolute Gasteiger partial charge is 0.479 e. The van der Waals surface area contributed by atoms with Crippen LogP contribution in [-0.2, 0) is 46.2 Å². The number of aliphatic imine (C=N–C) groups is 1. The van der Waals surface area contributed by atoms with E-state index >= 15 is 8.78 Å². The molecule has 1 aromatic heterocycles. The summed E-state index contributed by atoms with van der Waals surface area (Å²) in [6, 6.07) is 17.3. The highest BCUT2D eigenvalue weighted by molar-refractivity contribution is 7.88. The number of benzene rings is 3. The summed E-state index contributed by atoms with van der Waals surface area (Å²) in [7, 11) is -3.88. The van der Waals surface area contributed by atoms with Crippen molar-refractivity contribution in [2.24, 2.45) is 22.7 Å². The number of carboxylic acid groups (broad SMARTS) is 2. The number of imide groups is 1. The zero-order valence-corrected chi connectivity index (χ0v) is 43.5. The lowest BCUT2D eigenvalue weighted by Gasteiger charge is -2.43. The first kappa shape index (κ1) is 54.1. The quantitative estimate of drug-likeness (QED) is 0.0618. The fourth-order valence-electron chi connectivity index (χ4n) is 10.6. The van der Waals surface area contributed by atoms with Gasteiger partial charge in [0.1, 0.15) is 11.1 Å². The third-order valence-electron chi connectivity index (χ3n) is 14.1. The number of alkyl halides is 2. The first-order chi connectivity index (χ1) is 34.9. The monoisotopic (exact) mass is 1080 g/mol. The van der Waals surface area contributed by atoms with Gasteiger partial charge >= 0.3 is 11.9 Å². The van der Waals surface area contributed by atoms with Crippen molar-refractivity contribution in [3.8, 4) is 16.2 Å². The number of likely N-dealkylation sites (tertiary alicyclic amines) is 1. The van der Waals surface area contributed by atoms with Gasteiger partial charge in [0.05, 0.1) is 35.3 Å². The summed E-state index contributed by atoms with van der Waals surface area (Å²) in [5, 5.41) is 23.8. The number of halogens is 3. The number of hydrogen-bond acceptors (Lipinski definition) is 12. The van der Waals surface area contributed by atoms with Crippen molar-refractivity contribution in [1.82, 2.24) is 14.5 Å². The molecule has 0 saturated carbocycles. The molecule has 0 bridgehead atoms. The SMILES string of the molecule is CC(C)C1Cc2cc(C3CCN(CC(=O)Nc4cccc(CS(=O)(=O)N5CCC(/C=N/c6cccc(-c7sc(C(=O)O)c(OCC(=O)O)c7Cl)c6)CC5(C)C)c4)CC3(F)F)ccc2N(C2CCC(=O)NC2=O)C1=O. The Morgan fingerprint density at radius 3 is 2.46 bits per heavy atom. The highest BCUT2D eigenvalue weighted by Crippen LogP contribution is 2.47.